The van der Waals surface area contributed by atoms with Crippen LogP contribution in [0.1, 0.15) is 105 Å². The van der Waals surface area contributed by atoms with Gasteiger partial charge in [0.2, 0.25) is 0 Å². The second kappa shape index (κ2) is 8.88. The zero-order chi connectivity index (χ0) is 20.2. The Kier molecular flexibility index (Phi) is 7.27. The standard InChI is InChI=1S/C25H42O2/c1-18(2)10-8-11-19(3)12-9-14-25(7)15-13-20-16-22(26)21(24(4,5)6)17-23(20)27-25/h16-19,26H,8-15H2,1-7H3. The Morgan fingerprint density at radius 2 is 1.74 bits per heavy atom. The van der Waals surface area contributed by atoms with Gasteiger partial charge in [-0.1, -0.05) is 67.2 Å². The Hall–Kier alpha value is -1.18. The average molecular weight is 375 g/mol. The summed E-state index contributed by atoms with van der Waals surface area (Å²) in [6.45, 7) is 15.7. The number of phenolic OH excluding ortho intramolecular Hbond substituents is 1. The van der Waals surface area contributed by atoms with Crippen molar-refractivity contribution >= 4 is 0 Å². The van der Waals surface area contributed by atoms with E-state index in [1.54, 1.807) is 0 Å². The van der Waals surface area contributed by atoms with Gasteiger partial charge in [-0.3, -0.25) is 0 Å². The lowest BCUT2D eigenvalue weighted by atomic mass is 9.82. The summed E-state index contributed by atoms with van der Waals surface area (Å²) in [6.07, 6.45) is 9.75. The third-order valence-electron chi connectivity index (χ3n) is 6.15. The van der Waals surface area contributed by atoms with Crippen LogP contribution in [0.3, 0.4) is 0 Å². The maximum atomic E-state index is 10.4. The van der Waals surface area contributed by atoms with Crippen LogP contribution in [0.5, 0.6) is 11.5 Å². The van der Waals surface area contributed by atoms with E-state index in [1.165, 1.54) is 32.1 Å². The van der Waals surface area contributed by atoms with Crippen LogP contribution in [0, 0.1) is 11.8 Å². The Morgan fingerprint density at radius 3 is 2.37 bits per heavy atom. The molecular weight excluding hydrogens is 332 g/mol. The molecule has 0 fully saturated rings. The molecule has 0 radical (unpaired) electrons. The van der Waals surface area contributed by atoms with Crippen molar-refractivity contribution < 1.29 is 9.84 Å². The zero-order valence-corrected chi connectivity index (χ0v) is 18.8. The van der Waals surface area contributed by atoms with Crippen molar-refractivity contribution in [2.75, 3.05) is 0 Å². The molecule has 1 aliphatic rings. The lowest BCUT2D eigenvalue weighted by Gasteiger charge is -2.37. The van der Waals surface area contributed by atoms with Crippen LogP contribution in [0.2, 0.25) is 0 Å². The molecule has 0 aliphatic carbocycles. The van der Waals surface area contributed by atoms with E-state index in [0.29, 0.717) is 5.75 Å². The van der Waals surface area contributed by atoms with Gasteiger partial charge < -0.3 is 9.84 Å². The monoisotopic (exact) mass is 374 g/mol. The van der Waals surface area contributed by atoms with Crippen LogP contribution in [0.4, 0.5) is 0 Å². The van der Waals surface area contributed by atoms with Crippen LogP contribution in [0.15, 0.2) is 12.1 Å². The van der Waals surface area contributed by atoms with Gasteiger partial charge in [-0.25, -0.2) is 0 Å². The van der Waals surface area contributed by atoms with Crippen LogP contribution in [-0.4, -0.2) is 10.7 Å². The SMILES string of the molecule is CC(C)CCCC(C)CCCC1(C)CCc2cc(O)c(C(C)(C)C)cc2O1. The van der Waals surface area contributed by atoms with Crippen LogP contribution >= 0.6 is 0 Å². The quantitative estimate of drug-likeness (QED) is 0.513. The fourth-order valence-electron chi connectivity index (χ4n) is 4.24. The van der Waals surface area contributed by atoms with Crippen LogP contribution < -0.4 is 4.74 Å². The number of benzene rings is 1. The van der Waals surface area contributed by atoms with Gasteiger partial charge in [-0.2, -0.15) is 0 Å². The third kappa shape index (κ3) is 6.43. The number of ether oxygens (including phenoxy) is 1. The van der Waals surface area contributed by atoms with Gasteiger partial charge in [-0.15, -0.1) is 0 Å². The Bertz CT molecular complexity index is 611. The van der Waals surface area contributed by atoms with Crippen LogP contribution in [0.25, 0.3) is 0 Å². The number of hydrogen-bond donors (Lipinski definition) is 1. The number of fused-ring (bicyclic) bond motifs is 1. The lowest BCUT2D eigenvalue weighted by Crippen LogP contribution is -2.36. The molecule has 2 unspecified atom stereocenters. The van der Waals surface area contributed by atoms with E-state index in [9.17, 15) is 5.11 Å². The van der Waals surface area contributed by atoms with Gasteiger partial charge in [0.05, 0.1) is 0 Å². The van der Waals surface area contributed by atoms with E-state index in [1.807, 2.05) is 6.07 Å². The molecule has 27 heavy (non-hydrogen) atoms. The number of aryl methyl sites for hydroxylation is 1. The summed E-state index contributed by atoms with van der Waals surface area (Å²) in [6, 6.07) is 4.00. The molecule has 1 N–H and O–H groups in total. The first-order valence-electron chi connectivity index (χ1n) is 11.1. The van der Waals surface area contributed by atoms with Crippen LogP contribution in [-0.2, 0) is 11.8 Å². The summed E-state index contributed by atoms with van der Waals surface area (Å²) in [5.41, 5.74) is 1.97. The predicted molar refractivity (Wildman–Crippen MR) is 116 cm³/mol. The van der Waals surface area contributed by atoms with Crippen molar-refractivity contribution in [3.63, 3.8) is 0 Å². The van der Waals surface area contributed by atoms with Gasteiger partial charge in [0.15, 0.2) is 0 Å². The van der Waals surface area contributed by atoms with E-state index in [0.717, 1.165) is 48.0 Å². The van der Waals surface area contributed by atoms with Crippen molar-refractivity contribution in [2.24, 2.45) is 11.8 Å². The minimum absolute atomic E-state index is 0.0726. The summed E-state index contributed by atoms with van der Waals surface area (Å²) in [5.74, 6) is 3.03. The highest BCUT2D eigenvalue weighted by molar-refractivity contribution is 5.49. The molecule has 1 aliphatic heterocycles. The summed E-state index contributed by atoms with van der Waals surface area (Å²) in [5, 5.41) is 10.4. The fourth-order valence-corrected chi connectivity index (χ4v) is 4.24. The first kappa shape index (κ1) is 22.1. The molecule has 2 heteroatoms. The molecule has 0 amide bonds. The van der Waals surface area contributed by atoms with Crippen molar-refractivity contribution in [2.45, 2.75) is 111 Å². The van der Waals surface area contributed by atoms with Gasteiger partial charge >= 0.3 is 0 Å². The largest absolute Gasteiger partial charge is 0.508 e. The number of rotatable bonds is 8. The number of phenols is 1. The highest BCUT2D eigenvalue weighted by atomic mass is 16.5. The summed E-state index contributed by atoms with van der Waals surface area (Å²) in [7, 11) is 0. The Balaban J connectivity index is 1.91. The average Bonchev–Trinajstić information content (AvgIpc) is 2.53. The molecule has 2 rings (SSSR count). The molecule has 154 valence electrons. The summed E-state index contributed by atoms with van der Waals surface area (Å²) < 4.78 is 6.49. The van der Waals surface area contributed by atoms with Gasteiger partial charge in [0.25, 0.3) is 0 Å². The molecule has 0 bridgehead atoms. The van der Waals surface area contributed by atoms with E-state index in [2.05, 4.69) is 54.5 Å². The third-order valence-corrected chi connectivity index (χ3v) is 6.15. The number of aromatic hydroxyl groups is 1. The zero-order valence-electron chi connectivity index (χ0n) is 18.8. The highest BCUT2D eigenvalue weighted by Gasteiger charge is 2.33. The number of hydrogen-bond acceptors (Lipinski definition) is 2. The highest BCUT2D eigenvalue weighted by Crippen LogP contribution is 2.42. The fraction of sp³-hybridized carbons (Fsp3) is 0.760. The maximum Gasteiger partial charge on any atom is 0.123 e. The molecule has 0 spiro atoms. The molecule has 2 atom stereocenters. The summed E-state index contributed by atoms with van der Waals surface area (Å²) >= 11 is 0. The van der Waals surface area contributed by atoms with Crippen molar-refractivity contribution in [1.82, 2.24) is 0 Å². The lowest BCUT2D eigenvalue weighted by molar-refractivity contribution is 0.0521. The van der Waals surface area contributed by atoms with E-state index in [-0.39, 0.29) is 11.0 Å². The van der Waals surface area contributed by atoms with Crippen molar-refractivity contribution in [3.05, 3.63) is 23.3 Å². The first-order chi connectivity index (χ1) is 12.5. The normalized spacial score (nSPS) is 21.0. The van der Waals surface area contributed by atoms with Gasteiger partial charge in [0.1, 0.15) is 17.1 Å². The van der Waals surface area contributed by atoms with Crippen molar-refractivity contribution in [1.29, 1.82) is 0 Å². The topological polar surface area (TPSA) is 29.5 Å². The molecular formula is C25H42O2. The second-order valence-corrected chi connectivity index (χ2v) is 10.6. The molecule has 1 aromatic rings. The molecule has 1 heterocycles. The maximum absolute atomic E-state index is 10.4. The molecule has 2 nitrogen and oxygen atoms in total. The van der Waals surface area contributed by atoms with E-state index >= 15 is 0 Å². The molecule has 0 saturated carbocycles. The summed E-state index contributed by atoms with van der Waals surface area (Å²) in [4.78, 5) is 0. The smallest absolute Gasteiger partial charge is 0.123 e. The minimum atomic E-state index is -0.0816. The predicted octanol–water partition coefficient (Wildman–Crippen LogP) is 7.41. The van der Waals surface area contributed by atoms with Gasteiger partial charge in [-0.05, 0) is 67.6 Å². The van der Waals surface area contributed by atoms with Gasteiger partial charge in [0, 0.05) is 5.56 Å². The molecule has 0 saturated heterocycles. The first-order valence-corrected chi connectivity index (χ1v) is 11.1. The van der Waals surface area contributed by atoms with Crippen molar-refractivity contribution in [3.8, 4) is 11.5 Å². The molecule has 0 aromatic heterocycles. The Morgan fingerprint density at radius 1 is 1.07 bits per heavy atom. The second-order valence-electron chi connectivity index (χ2n) is 10.6. The van der Waals surface area contributed by atoms with E-state index in [4.69, 9.17) is 4.74 Å². The molecule has 1 aromatic carbocycles. The van der Waals surface area contributed by atoms with E-state index < -0.39 is 0 Å². The Labute approximate surface area is 167 Å². The minimum Gasteiger partial charge on any atom is -0.508 e.